The number of hydrogen-bond acceptors (Lipinski definition) is 5. The van der Waals surface area contributed by atoms with Crippen molar-refractivity contribution in [3.05, 3.63) is 65.5 Å². The van der Waals surface area contributed by atoms with E-state index in [1.165, 1.54) is 19.1 Å². The molecule has 0 saturated carbocycles. The van der Waals surface area contributed by atoms with Gasteiger partial charge in [-0.2, -0.15) is 0 Å². The summed E-state index contributed by atoms with van der Waals surface area (Å²) in [6.07, 6.45) is 0.334. The normalized spacial score (nSPS) is 17.7. The molecule has 2 N–H and O–H groups in total. The smallest absolute Gasteiger partial charge is 0.163 e. The van der Waals surface area contributed by atoms with Crippen LogP contribution in [0.4, 0.5) is 4.39 Å². The molecule has 0 aromatic heterocycles. The van der Waals surface area contributed by atoms with E-state index in [0.29, 0.717) is 17.9 Å². The van der Waals surface area contributed by atoms with Crippen molar-refractivity contribution in [2.24, 2.45) is 5.92 Å². The van der Waals surface area contributed by atoms with Gasteiger partial charge in [-0.05, 0) is 68.6 Å². The number of aliphatic hydroxyl groups excluding tert-OH is 2. The summed E-state index contributed by atoms with van der Waals surface area (Å²) in [7, 11) is 0. The zero-order valence-corrected chi connectivity index (χ0v) is 16.6. The third-order valence-corrected chi connectivity index (χ3v) is 5.46. The number of halogens is 1. The average Bonchev–Trinajstić information content (AvgIpc) is 2.73. The van der Waals surface area contributed by atoms with Crippen LogP contribution in [-0.4, -0.2) is 53.2 Å². The number of rotatable bonds is 8. The fraction of sp³-hybridized carbons (Fsp3) is 0.435. The minimum atomic E-state index is -0.673. The molecule has 156 valence electrons. The Kier molecular flexibility index (Phi) is 7.36. The van der Waals surface area contributed by atoms with E-state index < -0.39 is 12.2 Å². The van der Waals surface area contributed by atoms with Gasteiger partial charge in [-0.3, -0.25) is 4.79 Å². The molecule has 3 rings (SSSR count). The van der Waals surface area contributed by atoms with Gasteiger partial charge in [-0.25, -0.2) is 4.39 Å². The van der Waals surface area contributed by atoms with Crippen LogP contribution in [0.15, 0.2) is 48.5 Å². The van der Waals surface area contributed by atoms with E-state index in [0.717, 1.165) is 31.5 Å². The molecule has 2 unspecified atom stereocenters. The van der Waals surface area contributed by atoms with Crippen LogP contribution in [0.5, 0.6) is 5.75 Å². The number of carbonyl (C=O) groups excluding carboxylic acids is 1. The summed E-state index contributed by atoms with van der Waals surface area (Å²) < 4.78 is 18.7. The lowest BCUT2D eigenvalue weighted by atomic mass is 9.87. The van der Waals surface area contributed by atoms with E-state index in [9.17, 15) is 19.4 Å². The standard InChI is InChI=1S/C23H28FNO4/c1-16(26)21-4-2-3-5-22(21)29-15-20(27)14-25-12-10-18(11-13-25)23(28)17-6-8-19(24)9-7-17/h2-9,18,20,23,27-28H,10-15H2,1H3. The number of ketones is 1. The lowest BCUT2D eigenvalue weighted by Crippen LogP contribution is -2.41. The Labute approximate surface area is 170 Å². The number of ether oxygens (including phenoxy) is 1. The Bertz CT molecular complexity index is 803. The third kappa shape index (κ3) is 5.85. The largest absolute Gasteiger partial charge is 0.490 e. The fourth-order valence-corrected chi connectivity index (χ4v) is 3.80. The molecule has 2 aromatic carbocycles. The van der Waals surface area contributed by atoms with Crippen LogP contribution >= 0.6 is 0 Å². The van der Waals surface area contributed by atoms with E-state index in [4.69, 9.17) is 4.74 Å². The second-order valence-corrected chi connectivity index (χ2v) is 7.65. The fourth-order valence-electron chi connectivity index (χ4n) is 3.80. The summed E-state index contributed by atoms with van der Waals surface area (Å²) in [6, 6.07) is 13.0. The monoisotopic (exact) mass is 401 g/mol. The Morgan fingerprint density at radius 1 is 1.14 bits per heavy atom. The lowest BCUT2D eigenvalue weighted by molar-refractivity contribution is 0.0277. The number of aliphatic hydroxyl groups is 2. The van der Waals surface area contributed by atoms with Crippen LogP contribution in [-0.2, 0) is 0 Å². The van der Waals surface area contributed by atoms with Crippen molar-refractivity contribution in [1.82, 2.24) is 4.90 Å². The minimum absolute atomic E-state index is 0.0723. The number of nitrogens with zero attached hydrogens (tertiary/aromatic N) is 1. The second kappa shape index (κ2) is 9.96. The molecule has 1 aliphatic heterocycles. The Hall–Kier alpha value is -2.28. The van der Waals surface area contributed by atoms with Gasteiger partial charge in [-0.15, -0.1) is 0 Å². The van der Waals surface area contributed by atoms with E-state index in [-0.39, 0.29) is 24.1 Å². The molecular formula is C23H28FNO4. The van der Waals surface area contributed by atoms with Gasteiger partial charge in [0.15, 0.2) is 5.78 Å². The predicted octanol–water partition coefficient (Wildman–Crippen LogP) is 3.21. The van der Waals surface area contributed by atoms with Gasteiger partial charge in [0.05, 0.1) is 11.7 Å². The Morgan fingerprint density at radius 3 is 2.45 bits per heavy atom. The molecule has 6 heteroatoms. The zero-order chi connectivity index (χ0) is 20.8. The highest BCUT2D eigenvalue weighted by Crippen LogP contribution is 2.30. The molecular weight excluding hydrogens is 373 g/mol. The number of benzene rings is 2. The molecule has 0 aliphatic carbocycles. The van der Waals surface area contributed by atoms with Gasteiger partial charge >= 0.3 is 0 Å². The highest BCUT2D eigenvalue weighted by atomic mass is 19.1. The first kappa shape index (κ1) is 21.4. The van der Waals surface area contributed by atoms with Crippen molar-refractivity contribution >= 4 is 5.78 Å². The van der Waals surface area contributed by atoms with Crippen molar-refractivity contribution in [1.29, 1.82) is 0 Å². The Morgan fingerprint density at radius 2 is 1.79 bits per heavy atom. The molecule has 1 saturated heterocycles. The molecule has 2 atom stereocenters. The summed E-state index contributed by atoms with van der Waals surface area (Å²) in [6.45, 7) is 3.61. The van der Waals surface area contributed by atoms with Crippen LogP contribution < -0.4 is 4.74 Å². The molecule has 0 bridgehead atoms. The minimum Gasteiger partial charge on any atom is -0.490 e. The summed E-state index contributed by atoms with van der Waals surface area (Å²) >= 11 is 0. The van der Waals surface area contributed by atoms with Gasteiger partial charge in [0.25, 0.3) is 0 Å². The molecule has 1 fully saturated rings. The third-order valence-electron chi connectivity index (χ3n) is 5.46. The van der Waals surface area contributed by atoms with Gasteiger partial charge in [0.2, 0.25) is 0 Å². The van der Waals surface area contributed by atoms with Crippen molar-refractivity contribution in [3.8, 4) is 5.75 Å². The van der Waals surface area contributed by atoms with Crippen molar-refractivity contribution in [3.63, 3.8) is 0 Å². The molecule has 1 aliphatic rings. The number of carbonyl (C=O) groups is 1. The topological polar surface area (TPSA) is 70.0 Å². The Balaban J connectivity index is 1.44. The SMILES string of the molecule is CC(=O)c1ccccc1OCC(O)CN1CCC(C(O)c2ccc(F)cc2)CC1. The summed E-state index contributed by atoms with van der Waals surface area (Å²) in [4.78, 5) is 13.8. The average molecular weight is 401 g/mol. The first-order valence-corrected chi connectivity index (χ1v) is 10.0. The predicted molar refractivity (Wildman–Crippen MR) is 108 cm³/mol. The van der Waals surface area contributed by atoms with Gasteiger partial charge in [0.1, 0.15) is 24.3 Å². The van der Waals surface area contributed by atoms with E-state index >= 15 is 0 Å². The molecule has 29 heavy (non-hydrogen) atoms. The van der Waals surface area contributed by atoms with Gasteiger partial charge < -0.3 is 19.8 Å². The number of hydrogen-bond donors (Lipinski definition) is 2. The zero-order valence-electron chi connectivity index (χ0n) is 16.6. The van der Waals surface area contributed by atoms with E-state index in [2.05, 4.69) is 4.90 Å². The molecule has 0 spiro atoms. The summed E-state index contributed by atoms with van der Waals surface area (Å²) in [5.41, 5.74) is 1.25. The molecule has 0 amide bonds. The van der Waals surface area contributed by atoms with Crippen LogP contribution in [0.2, 0.25) is 0 Å². The molecule has 0 radical (unpaired) electrons. The maximum absolute atomic E-state index is 13.1. The van der Waals surface area contributed by atoms with Crippen molar-refractivity contribution < 1.29 is 24.1 Å². The maximum Gasteiger partial charge on any atom is 0.163 e. The number of piperidine rings is 1. The summed E-state index contributed by atoms with van der Waals surface area (Å²) in [5.74, 6) is 0.225. The van der Waals surface area contributed by atoms with Gasteiger partial charge in [-0.1, -0.05) is 24.3 Å². The van der Waals surface area contributed by atoms with Crippen LogP contribution in [0.3, 0.4) is 0 Å². The second-order valence-electron chi connectivity index (χ2n) is 7.65. The van der Waals surface area contributed by atoms with E-state index in [1.54, 1.807) is 36.4 Å². The first-order chi connectivity index (χ1) is 13.9. The highest BCUT2D eigenvalue weighted by Gasteiger charge is 2.27. The van der Waals surface area contributed by atoms with Gasteiger partial charge in [0, 0.05) is 6.54 Å². The van der Waals surface area contributed by atoms with Crippen LogP contribution in [0.25, 0.3) is 0 Å². The molecule has 5 nitrogen and oxygen atoms in total. The maximum atomic E-state index is 13.1. The van der Waals surface area contributed by atoms with Crippen molar-refractivity contribution in [2.45, 2.75) is 32.0 Å². The van der Waals surface area contributed by atoms with Crippen LogP contribution in [0, 0.1) is 11.7 Å². The van der Waals surface area contributed by atoms with Crippen LogP contribution in [0.1, 0.15) is 41.8 Å². The highest BCUT2D eigenvalue weighted by molar-refractivity contribution is 5.96. The molecule has 2 aromatic rings. The van der Waals surface area contributed by atoms with E-state index in [1.807, 2.05) is 0 Å². The lowest BCUT2D eigenvalue weighted by Gasteiger charge is -2.35. The number of β-amino-alcohol motifs (C(OH)–C–C–N with tert-alkyl or cyclic N) is 1. The summed E-state index contributed by atoms with van der Waals surface area (Å²) in [5, 5.41) is 20.9. The number of Topliss-reactive ketones (excluding diaryl/α,β-unsaturated/α-hetero) is 1. The quantitative estimate of drug-likeness (QED) is 0.665. The number of likely N-dealkylation sites (tertiary alicyclic amines) is 1. The molecule has 1 heterocycles. The van der Waals surface area contributed by atoms with Crippen molar-refractivity contribution in [2.75, 3.05) is 26.2 Å². The first-order valence-electron chi connectivity index (χ1n) is 10.0. The number of para-hydroxylation sites is 1.